The van der Waals surface area contributed by atoms with E-state index in [4.69, 9.17) is 11.6 Å². The Morgan fingerprint density at radius 1 is 1.16 bits per heavy atom. The standard InChI is InChI=1S/C19H18ClN3OS/c1-12-3-6-14(7-4-12)18(24)23-17-9-15(8-5-13(17)2)21-10-16-11-22-19(20)25-16/h3-9,11,21H,10H2,1-2H3,(H,23,24). The molecule has 2 N–H and O–H groups in total. The van der Waals surface area contributed by atoms with Crippen molar-refractivity contribution in [3.8, 4) is 0 Å². The van der Waals surface area contributed by atoms with E-state index >= 15 is 0 Å². The number of benzene rings is 2. The lowest BCUT2D eigenvalue weighted by molar-refractivity contribution is 0.102. The summed E-state index contributed by atoms with van der Waals surface area (Å²) in [4.78, 5) is 17.5. The van der Waals surface area contributed by atoms with E-state index < -0.39 is 0 Å². The van der Waals surface area contributed by atoms with E-state index in [1.807, 2.05) is 56.3 Å². The van der Waals surface area contributed by atoms with Gasteiger partial charge in [0.25, 0.3) is 5.91 Å². The Morgan fingerprint density at radius 3 is 2.60 bits per heavy atom. The van der Waals surface area contributed by atoms with Crippen LogP contribution in [0.4, 0.5) is 11.4 Å². The molecule has 2 aromatic carbocycles. The first-order valence-electron chi connectivity index (χ1n) is 7.84. The zero-order valence-electron chi connectivity index (χ0n) is 14.0. The highest BCUT2D eigenvalue weighted by molar-refractivity contribution is 7.15. The molecule has 0 radical (unpaired) electrons. The minimum absolute atomic E-state index is 0.116. The molecule has 0 aliphatic heterocycles. The number of halogens is 1. The normalized spacial score (nSPS) is 10.5. The highest BCUT2D eigenvalue weighted by Crippen LogP contribution is 2.23. The average molecular weight is 372 g/mol. The van der Waals surface area contributed by atoms with Crippen LogP contribution in [0.2, 0.25) is 4.47 Å². The molecule has 0 aliphatic rings. The molecule has 1 heterocycles. The van der Waals surface area contributed by atoms with Crippen LogP contribution in [0.25, 0.3) is 0 Å². The second-order valence-corrected chi connectivity index (χ2v) is 7.48. The number of nitrogens with zero attached hydrogens (tertiary/aromatic N) is 1. The van der Waals surface area contributed by atoms with Crippen molar-refractivity contribution >= 4 is 40.2 Å². The predicted molar refractivity (Wildman–Crippen MR) is 105 cm³/mol. The molecule has 1 aromatic heterocycles. The molecule has 128 valence electrons. The number of thiazole rings is 1. The fraction of sp³-hybridized carbons (Fsp3) is 0.158. The van der Waals surface area contributed by atoms with Gasteiger partial charge in [0, 0.05) is 28.0 Å². The predicted octanol–water partition coefficient (Wildman–Crippen LogP) is 5.28. The number of hydrogen-bond acceptors (Lipinski definition) is 4. The summed E-state index contributed by atoms with van der Waals surface area (Å²) in [6, 6.07) is 13.4. The van der Waals surface area contributed by atoms with Crippen LogP contribution in [0.5, 0.6) is 0 Å². The third-order valence-corrected chi connectivity index (χ3v) is 4.91. The molecule has 3 rings (SSSR count). The number of nitrogens with one attached hydrogen (secondary N) is 2. The van der Waals surface area contributed by atoms with Gasteiger partial charge in [-0.2, -0.15) is 0 Å². The van der Waals surface area contributed by atoms with Crippen LogP contribution in [-0.2, 0) is 6.54 Å². The largest absolute Gasteiger partial charge is 0.380 e. The first kappa shape index (κ1) is 17.5. The summed E-state index contributed by atoms with van der Waals surface area (Å²) in [5.41, 5.74) is 4.49. The van der Waals surface area contributed by atoms with Gasteiger partial charge in [-0.1, -0.05) is 35.4 Å². The number of carbonyl (C=O) groups is 1. The van der Waals surface area contributed by atoms with Gasteiger partial charge < -0.3 is 10.6 Å². The number of hydrogen-bond donors (Lipinski definition) is 2. The van der Waals surface area contributed by atoms with Crippen LogP contribution in [0.1, 0.15) is 26.4 Å². The minimum Gasteiger partial charge on any atom is -0.380 e. The fourth-order valence-corrected chi connectivity index (χ4v) is 3.24. The van der Waals surface area contributed by atoms with Crippen molar-refractivity contribution < 1.29 is 4.79 Å². The number of carbonyl (C=O) groups excluding carboxylic acids is 1. The Hall–Kier alpha value is -2.37. The summed E-state index contributed by atoms with van der Waals surface area (Å²) >= 11 is 7.29. The summed E-state index contributed by atoms with van der Waals surface area (Å²) in [6.45, 7) is 4.60. The maximum absolute atomic E-state index is 12.4. The van der Waals surface area contributed by atoms with E-state index in [1.54, 1.807) is 6.20 Å². The van der Waals surface area contributed by atoms with Gasteiger partial charge in [-0.05, 0) is 43.7 Å². The van der Waals surface area contributed by atoms with Crippen LogP contribution in [0.15, 0.2) is 48.7 Å². The minimum atomic E-state index is -0.116. The topological polar surface area (TPSA) is 54.0 Å². The SMILES string of the molecule is Cc1ccc(C(=O)Nc2cc(NCc3cnc(Cl)s3)ccc2C)cc1. The number of anilines is 2. The molecule has 0 bridgehead atoms. The van der Waals surface area contributed by atoms with E-state index in [0.29, 0.717) is 16.6 Å². The first-order valence-corrected chi connectivity index (χ1v) is 9.03. The van der Waals surface area contributed by atoms with Crippen molar-refractivity contribution in [1.29, 1.82) is 0 Å². The second kappa shape index (κ2) is 7.68. The highest BCUT2D eigenvalue weighted by Gasteiger charge is 2.08. The fourth-order valence-electron chi connectivity index (χ4n) is 2.32. The van der Waals surface area contributed by atoms with Gasteiger partial charge in [0.15, 0.2) is 4.47 Å². The van der Waals surface area contributed by atoms with Crippen molar-refractivity contribution in [2.45, 2.75) is 20.4 Å². The average Bonchev–Trinajstić information content (AvgIpc) is 3.01. The zero-order chi connectivity index (χ0) is 17.8. The summed E-state index contributed by atoms with van der Waals surface area (Å²) in [6.07, 6.45) is 1.76. The van der Waals surface area contributed by atoms with Gasteiger partial charge >= 0.3 is 0 Å². The number of aryl methyl sites for hydroxylation is 2. The molecule has 0 saturated heterocycles. The van der Waals surface area contributed by atoms with E-state index in [-0.39, 0.29) is 5.91 Å². The van der Waals surface area contributed by atoms with Crippen molar-refractivity contribution in [2.75, 3.05) is 10.6 Å². The Kier molecular flexibility index (Phi) is 5.36. The highest BCUT2D eigenvalue weighted by atomic mass is 35.5. The quantitative estimate of drug-likeness (QED) is 0.641. The van der Waals surface area contributed by atoms with E-state index in [0.717, 1.165) is 27.4 Å². The van der Waals surface area contributed by atoms with E-state index in [9.17, 15) is 4.79 Å². The Morgan fingerprint density at radius 2 is 1.92 bits per heavy atom. The second-order valence-electron chi connectivity index (χ2n) is 5.78. The molecule has 0 aliphatic carbocycles. The molecule has 0 spiro atoms. The lowest BCUT2D eigenvalue weighted by Crippen LogP contribution is -2.13. The molecule has 0 unspecified atom stereocenters. The van der Waals surface area contributed by atoms with Crippen molar-refractivity contribution in [1.82, 2.24) is 4.98 Å². The molecule has 3 aromatic rings. The monoisotopic (exact) mass is 371 g/mol. The number of amides is 1. The zero-order valence-corrected chi connectivity index (χ0v) is 15.5. The third-order valence-electron chi connectivity index (χ3n) is 3.79. The number of rotatable bonds is 5. The van der Waals surface area contributed by atoms with Crippen LogP contribution in [0, 0.1) is 13.8 Å². The Balaban J connectivity index is 1.70. The summed E-state index contributed by atoms with van der Waals surface area (Å²) in [5.74, 6) is -0.116. The maximum atomic E-state index is 12.4. The van der Waals surface area contributed by atoms with Crippen LogP contribution in [0.3, 0.4) is 0 Å². The molecule has 25 heavy (non-hydrogen) atoms. The smallest absolute Gasteiger partial charge is 0.255 e. The first-order chi connectivity index (χ1) is 12.0. The van der Waals surface area contributed by atoms with Gasteiger partial charge in [-0.25, -0.2) is 4.98 Å². The van der Waals surface area contributed by atoms with Crippen molar-refractivity contribution in [3.05, 3.63) is 74.7 Å². The maximum Gasteiger partial charge on any atom is 0.255 e. The Labute approximate surface area is 155 Å². The molecular formula is C19H18ClN3OS. The lowest BCUT2D eigenvalue weighted by atomic mass is 10.1. The van der Waals surface area contributed by atoms with Crippen molar-refractivity contribution in [3.63, 3.8) is 0 Å². The van der Waals surface area contributed by atoms with Crippen LogP contribution < -0.4 is 10.6 Å². The molecule has 0 saturated carbocycles. The summed E-state index contributed by atoms with van der Waals surface area (Å²) < 4.78 is 0.534. The van der Waals surface area contributed by atoms with Gasteiger partial charge in [0.05, 0.1) is 6.54 Å². The lowest BCUT2D eigenvalue weighted by Gasteiger charge is -2.12. The molecule has 1 amide bonds. The number of aromatic nitrogens is 1. The molecule has 0 fully saturated rings. The van der Waals surface area contributed by atoms with Gasteiger partial charge in [-0.15, -0.1) is 11.3 Å². The summed E-state index contributed by atoms with van der Waals surface area (Å²) in [5, 5.41) is 6.30. The molecule has 0 atom stereocenters. The van der Waals surface area contributed by atoms with E-state index in [1.165, 1.54) is 11.3 Å². The Bertz CT molecular complexity index is 890. The van der Waals surface area contributed by atoms with Gasteiger partial charge in [-0.3, -0.25) is 4.79 Å². The van der Waals surface area contributed by atoms with Gasteiger partial charge in [0.1, 0.15) is 0 Å². The summed E-state index contributed by atoms with van der Waals surface area (Å²) in [7, 11) is 0. The third kappa shape index (κ3) is 4.59. The molecule has 6 heteroatoms. The molecular weight excluding hydrogens is 354 g/mol. The van der Waals surface area contributed by atoms with E-state index in [2.05, 4.69) is 15.6 Å². The van der Waals surface area contributed by atoms with Crippen LogP contribution >= 0.6 is 22.9 Å². The van der Waals surface area contributed by atoms with Crippen LogP contribution in [-0.4, -0.2) is 10.9 Å². The van der Waals surface area contributed by atoms with Crippen molar-refractivity contribution in [2.24, 2.45) is 0 Å². The van der Waals surface area contributed by atoms with Gasteiger partial charge in [0.2, 0.25) is 0 Å². The molecule has 4 nitrogen and oxygen atoms in total.